The quantitative estimate of drug-likeness (QED) is 0.205. The van der Waals surface area contributed by atoms with Gasteiger partial charge >= 0.3 is 0 Å². The van der Waals surface area contributed by atoms with Gasteiger partial charge in [0.15, 0.2) is 0 Å². The fraction of sp³-hybridized carbons (Fsp3) is 0. The van der Waals surface area contributed by atoms with Crippen molar-refractivity contribution in [1.29, 1.82) is 0 Å². The Labute approximate surface area is 250 Å². The normalized spacial score (nSPS) is 11.3. The van der Waals surface area contributed by atoms with E-state index in [1.54, 1.807) is 22.7 Å². The standard InChI is InChI=1S/C36H22N4S2/c1-3-7-31-29(5-1)27(23-13-25(17-37-15-23)35-19-39-21-41-35)9-11-33(31)34-12-10-28(30-6-2-4-8-32(30)34)24-14-26(18-38-16-24)36-20-40-22-42-36/h1-22H. The zero-order valence-corrected chi connectivity index (χ0v) is 23.9. The summed E-state index contributed by atoms with van der Waals surface area (Å²) < 4.78 is 0. The molecule has 4 heterocycles. The topological polar surface area (TPSA) is 51.6 Å². The van der Waals surface area contributed by atoms with Gasteiger partial charge in [-0.15, -0.1) is 22.7 Å². The van der Waals surface area contributed by atoms with Crippen LogP contribution in [0.1, 0.15) is 0 Å². The van der Waals surface area contributed by atoms with Crippen LogP contribution in [0.25, 0.3) is 75.8 Å². The van der Waals surface area contributed by atoms with Gasteiger partial charge in [0.2, 0.25) is 0 Å². The lowest BCUT2D eigenvalue weighted by molar-refractivity contribution is 1.33. The average Bonchev–Trinajstić information content (AvgIpc) is 3.80. The lowest BCUT2D eigenvalue weighted by atomic mass is 9.88. The molecule has 0 aliphatic carbocycles. The number of fused-ring (bicyclic) bond motifs is 2. The Morgan fingerprint density at radius 2 is 0.738 bits per heavy atom. The maximum Gasteiger partial charge on any atom is 0.0797 e. The van der Waals surface area contributed by atoms with Crippen LogP contribution in [0.2, 0.25) is 0 Å². The summed E-state index contributed by atoms with van der Waals surface area (Å²) in [5.74, 6) is 0. The van der Waals surface area contributed by atoms with E-state index < -0.39 is 0 Å². The molecule has 4 aromatic carbocycles. The number of rotatable bonds is 5. The van der Waals surface area contributed by atoms with Gasteiger partial charge in [-0.1, -0.05) is 72.8 Å². The maximum absolute atomic E-state index is 4.58. The van der Waals surface area contributed by atoms with Crippen molar-refractivity contribution in [2.45, 2.75) is 0 Å². The summed E-state index contributed by atoms with van der Waals surface area (Å²) in [6.45, 7) is 0. The molecule has 0 spiro atoms. The van der Waals surface area contributed by atoms with Crippen LogP contribution in [0.15, 0.2) is 133 Å². The highest BCUT2D eigenvalue weighted by atomic mass is 32.1. The van der Waals surface area contributed by atoms with Crippen LogP contribution in [-0.4, -0.2) is 19.9 Å². The van der Waals surface area contributed by atoms with Crippen molar-refractivity contribution in [3.8, 4) is 54.3 Å². The molecule has 0 unspecified atom stereocenters. The first kappa shape index (κ1) is 24.7. The predicted molar refractivity (Wildman–Crippen MR) is 176 cm³/mol. The van der Waals surface area contributed by atoms with E-state index in [9.17, 15) is 0 Å². The summed E-state index contributed by atoms with van der Waals surface area (Å²) in [7, 11) is 0. The minimum absolute atomic E-state index is 1.08. The molecule has 4 aromatic heterocycles. The van der Waals surface area contributed by atoms with Crippen LogP contribution >= 0.6 is 22.7 Å². The zero-order valence-electron chi connectivity index (χ0n) is 22.3. The number of nitrogens with zero attached hydrogens (tertiary/aromatic N) is 4. The third-order valence-corrected chi connectivity index (χ3v) is 9.31. The predicted octanol–water partition coefficient (Wildman–Crippen LogP) is 10.0. The largest absolute Gasteiger partial charge is 0.263 e. The molecule has 4 nitrogen and oxygen atoms in total. The summed E-state index contributed by atoms with van der Waals surface area (Å²) in [4.78, 5) is 19.9. The number of aromatic nitrogens is 4. The first-order valence-electron chi connectivity index (χ1n) is 13.6. The number of hydrogen-bond donors (Lipinski definition) is 0. The van der Waals surface area contributed by atoms with Gasteiger partial charge in [-0.25, -0.2) is 0 Å². The van der Waals surface area contributed by atoms with E-state index in [1.165, 1.54) is 43.8 Å². The zero-order chi connectivity index (χ0) is 27.9. The van der Waals surface area contributed by atoms with E-state index in [0.717, 1.165) is 32.0 Å². The molecule has 0 aliphatic heterocycles. The number of thiazole rings is 2. The van der Waals surface area contributed by atoms with Crippen LogP contribution in [0.4, 0.5) is 0 Å². The van der Waals surface area contributed by atoms with Crippen LogP contribution in [0, 0.1) is 0 Å². The molecule has 0 amide bonds. The van der Waals surface area contributed by atoms with Crippen molar-refractivity contribution < 1.29 is 0 Å². The van der Waals surface area contributed by atoms with Gasteiger partial charge in [-0.2, -0.15) is 0 Å². The Bertz CT molecular complexity index is 2040. The number of pyridine rings is 2. The average molecular weight is 575 g/mol. The fourth-order valence-electron chi connectivity index (χ4n) is 5.73. The van der Waals surface area contributed by atoms with Crippen molar-refractivity contribution in [3.05, 3.63) is 133 Å². The molecule has 0 saturated carbocycles. The summed E-state index contributed by atoms with van der Waals surface area (Å²) in [6, 6.07) is 30.7. The maximum atomic E-state index is 4.58. The van der Waals surface area contributed by atoms with E-state index in [2.05, 4.69) is 105 Å². The Kier molecular flexibility index (Phi) is 6.13. The van der Waals surface area contributed by atoms with E-state index in [4.69, 9.17) is 0 Å². The molecular formula is C36H22N4S2. The van der Waals surface area contributed by atoms with Crippen molar-refractivity contribution in [2.24, 2.45) is 0 Å². The van der Waals surface area contributed by atoms with Crippen molar-refractivity contribution in [2.75, 3.05) is 0 Å². The van der Waals surface area contributed by atoms with E-state index >= 15 is 0 Å². The molecule has 6 heteroatoms. The highest BCUT2D eigenvalue weighted by molar-refractivity contribution is 7.13. The van der Waals surface area contributed by atoms with Gasteiger partial charge in [0.1, 0.15) is 0 Å². The molecule has 198 valence electrons. The number of benzene rings is 4. The van der Waals surface area contributed by atoms with Crippen LogP contribution < -0.4 is 0 Å². The SMILES string of the molecule is c1ccc2c(-c3ccc(-c4cncc(-c5cncs5)c4)c4ccccc34)ccc(-c3cncc(-c4cncs4)c3)c2c1. The van der Waals surface area contributed by atoms with Crippen molar-refractivity contribution in [1.82, 2.24) is 19.9 Å². The lowest BCUT2D eigenvalue weighted by Crippen LogP contribution is -1.90. The molecule has 0 fully saturated rings. The molecule has 0 N–H and O–H groups in total. The van der Waals surface area contributed by atoms with Gasteiger partial charge < -0.3 is 0 Å². The lowest BCUT2D eigenvalue weighted by Gasteiger charge is -2.16. The van der Waals surface area contributed by atoms with Crippen molar-refractivity contribution >= 4 is 44.2 Å². The second-order valence-corrected chi connectivity index (χ2v) is 11.8. The molecule has 42 heavy (non-hydrogen) atoms. The molecular weight excluding hydrogens is 553 g/mol. The minimum atomic E-state index is 1.08. The van der Waals surface area contributed by atoms with Crippen LogP contribution in [0.5, 0.6) is 0 Å². The molecule has 8 rings (SSSR count). The highest BCUT2D eigenvalue weighted by Crippen LogP contribution is 2.41. The van der Waals surface area contributed by atoms with Gasteiger partial charge in [0, 0.05) is 59.4 Å². The van der Waals surface area contributed by atoms with Gasteiger partial charge in [-0.3, -0.25) is 19.9 Å². The summed E-state index contributed by atoms with van der Waals surface area (Å²) >= 11 is 3.25. The summed E-state index contributed by atoms with van der Waals surface area (Å²) in [5.41, 5.74) is 12.8. The highest BCUT2D eigenvalue weighted by Gasteiger charge is 2.15. The molecule has 0 bridgehead atoms. The van der Waals surface area contributed by atoms with E-state index in [-0.39, 0.29) is 0 Å². The third kappa shape index (κ3) is 4.29. The van der Waals surface area contributed by atoms with E-state index in [0.29, 0.717) is 0 Å². The molecule has 0 atom stereocenters. The van der Waals surface area contributed by atoms with Gasteiger partial charge in [-0.05, 0) is 55.9 Å². The fourth-order valence-corrected chi connectivity index (χ4v) is 6.94. The van der Waals surface area contributed by atoms with Crippen LogP contribution in [-0.2, 0) is 0 Å². The first-order chi connectivity index (χ1) is 20.8. The van der Waals surface area contributed by atoms with Crippen molar-refractivity contribution in [3.63, 3.8) is 0 Å². The molecule has 0 radical (unpaired) electrons. The summed E-state index contributed by atoms with van der Waals surface area (Å²) in [5, 5.41) is 4.83. The molecule has 8 aromatic rings. The first-order valence-corrected chi connectivity index (χ1v) is 15.3. The Morgan fingerprint density at radius 1 is 0.357 bits per heavy atom. The van der Waals surface area contributed by atoms with Crippen LogP contribution in [0.3, 0.4) is 0 Å². The second-order valence-electron chi connectivity index (χ2n) is 10.1. The minimum Gasteiger partial charge on any atom is -0.263 e. The monoisotopic (exact) mass is 574 g/mol. The summed E-state index contributed by atoms with van der Waals surface area (Å²) in [6.07, 6.45) is 11.5. The third-order valence-electron chi connectivity index (χ3n) is 7.67. The van der Waals surface area contributed by atoms with Gasteiger partial charge in [0.25, 0.3) is 0 Å². The number of hydrogen-bond acceptors (Lipinski definition) is 6. The smallest absolute Gasteiger partial charge is 0.0797 e. The Morgan fingerprint density at radius 3 is 1.14 bits per heavy atom. The van der Waals surface area contributed by atoms with Gasteiger partial charge in [0.05, 0.1) is 20.8 Å². The Balaban J connectivity index is 1.28. The molecule has 0 aliphatic rings. The van der Waals surface area contributed by atoms with E-state index in [1.807, 2.05) is 48.2 Å². The molecule has 0 saturated heterocycles. The Hall–Kier alpha value is -5.04. The second kappa shape index (κ2) is 10.4.